The number of H-pyrrole nitrogens is 2. The SMILES string of the molecule is C1=Cc2cc3ccc(cc4ccc(cc5nc(cc1n2)C=C5)[nH]4)[nH]3.C[C-](C)C.[Zn]. The summed E-state index contributed by atoms with van der Waals surface area (Å²) in [5.74, 6) is 1.42. The molecule has 0 saturated carbocycles. The Hall–Kier alpha value is -2.78. The molecule has 2 aliphatic heterocycles. The van der Waals surface area contributed by atoms with E-state index in [0.29, 0.717) is 0 Å². The number of fused-ring (bicyclic) bond motifs is 8. The van der Waals surface area contributed by atoms with Gasteiger partial charge in [0.25, 0.3) is 0 Å². The molecule has 5 heteroatoms. The van der Waals surface area contributed by atoms with Gasteiger partial charge in [0.2, 0.25) is 0 Å². The van der Waals surface area contributed by atoms with Gasteiger partial charge in [-0.2, -0.15) is 20.8 Å². The van der Waals surface area contributed by atoms with E-state index < -0.39 is 0 Å². The molecule has 3 aromatic rings. The van der Waals surface area contributed by atoms with Crippen molar-refractivity contribution in [3.8, 4) is 0 Å². The smallest absolute Gasteiger partial charge is 0.0659 e. The molecule has 3 aromatic heterocycles. The van der Waals surface area contributed by atoms with Crippen LogP contribution in [0, 0.1) is 5.92 Å². The Morgan fingerprint density at radius 3 is 1.24 bits per heavy atom. The van der Waals surface area contributed by atoms with Crippen LogP contribution in [0.1, 0.15) is 43.5 Å². The zero-order valence-electron chi connectivity index (χ0n) is 17.0. The Balaban J connectivity index is 0.000000443. The second kappa shape index (κ2) is 9.15. The fourth-order valence-corrected chi connectivity index (χ4v) is 2.94. The summed E-state index contributed by atoms with van der Waals surface area (Å²) in [6.07, 6.45) is 8.05. The number of aromatic amines is 2. The van der Waals surface area contributed by atoms with Gasteiger partial charge in [0.1, 0.15) is 0 Å². The van der Waals surface area contributed by atoms with Crippen LogP contribution in [0.4, 0.5) is 0 Å². The number of hydrogen-bond acceptors (Lipinski definition) is 2. The zero-order chi connectivity index (χ0) is 19.5. The first-order valence-corrected chi connectivity index (χ1v) is 9.35. The van der Waals surface area contributed by atoms with Gasteiger partial charge >= 0.3 is 0 Å². The molecule has 8 bridgehead atoms. The second-order valence-corrected chi connectivity index (χ2v) is 7.41. The van der Waals surface area contributed by atoms with E-state index in [1.54, 1.807) is 0 Å². The van der Waals surface area contributed by atoms with Crippen molar-refractivity contribution in [2.75, 3.05) is 0 Å². The van der Waals surface area contributed by atoms with Crippen LogP contribution < -0.4 is 0 Å². The summed E-state index contributed by atoms with van der Waals surface area (Å²) in [7, 11) is 0. The molecule has 0 aliphatic carbocycles. The van der Waals surface area contributed by atoms with E-state index in [0.717, 1.165) is 44.8 Å². The van der Waals surface area contributed by atoms with Crippen molar-refractivity contribution in [1.82, 2.24) is 19.9 Å². The molecule has 2 N–H and O–H groups in total. The van der Waals surface area contributed by atoms with E-state index >= 15 is 0 Å². The summed E-state index contributed by atoms with van der Waals surface area (Å²) in [6, 6.07) is 16.4. The van der Waals surface area contributed by atoms with Gasteiger partial charge in [-0.1, -0.05) is 0 Å². The van der Waals surface area contributed by atoms with Crippen LogP contribution in [-0.2, 0) is 19.5 Å². The number of nitrogens with zero attached hydrogens (tertiary/aromatic N) is 2. The van der Waals surface area contributed by atoms with Crippen LogP contribution in [0.25, 0.3) is 46.4 Å². The van der Waals surface area contributed by atoms with Crippen molar-refractivity contribution in [1.29, 1.82) is 0 Å². The van der Waals surface area contributed by atoms with Gasteiger partial charge in [0, 0.05) is 41.5 Å². The van der Waals surface area contributed by atoms with E-state index in [-0.39, 0.29) is 19.5 Å². The van der Waals surface area contributed by atoms with Gasteiger partial charge in [0.05, 0.1) is 22.8 Å². The molecule has 0 unspecified atom stereocenters. The average molecular weight is 433 g/mol. The molecular weight excluding hydrogens is 410 g/mol. The molecule has 0 amide bonds. The van der Waals surface area contributed by atoms with Crippen molar-refractivity contribution in [3.05, 3.63) is 77.2 Å². The molecule has 2 aliphatic rings. The van der Waals surface area contributed by atoms with Crippen LogP contribution in [0.5, 0.6) is 0 Å². The van der Waals surface area contributed by atoms with E-state index in [9.17, 15) is 0 Å². The molecule has 4 nitrogen and oxygen atoms in total. The minimum Gasteiger partial charge on any atom is -0.355 e. The Morgan fingerprint density at radius 1 is 0.552 bits per heavy atom. The summed E-state index contributed by atoms with van der Waals surface area (Å²) < 4.78 is 0. The van der Waals surface area contributed by atoms with E-state index in [1.807, 2.05) is 42.5 Å². The van der Waals surface area contributed by atoms with Gasteiger partial charge in [-0.25, -0.2) is 9.97 Å². The molecule has 29 heavy (non-hydrogen) atoms. The van der Waals surface area contributed by atoms with Gasteiger partial charge in [-0.05, 0) is 72.8 Å². The van der Waals surface area contributed by atoms with E-state index in [4.69, 9.17) is 0 Å². The Bertz CT molecular complexity index is 1120. The van der Waals surface area contributed by atoms with Gasteiger partial charge < -0.3 is 15.9 Å². The van der Waals surface area contributed by atoms with Crippen molar-refractivity contribution in [2.24, 2.45) is 0 Å². The topological polar surface area (TPSA) is 57.4 Å². The molecule has 0 fully saturated rings. The maximum atomic E-state index is 4.62. The fourth-order valence-electron chi connectivity index (χ4n) is 2.94. The third-order valence-corrected chi connectivity index (χ3v) is 4.04. The first-order chi connectivity index (χ1) is 13.5. The molecule has 142 valence electrons. The summed E-state index contributed by atoms with van der Waals surface area (Å²) in [5.41, 5.74) is 7.86. The maximum absolute atomic E-state index is 4.62. The number of rotatable bonds is 0. The van der Waals surface area contributed by atoms with Crippen molar-refractivity contribution in [3.63, 3.8) is 0 Å². The predicted octanol–water partition coefficient (Wildman–Crippen LogP) is 6.27. The molecule has 0 radical (unpaired) electrons. The second-order valence-electron chi connectivity index (χ2n) is 7.41. The van der Waals surface area contributed by atoms with Crippen LogP contribution in [0.2, 0.25) is 0 Å². The minimum atomic E-state index is 0. The predicted molar refractivity (Wildman–Crippen MR) is 119 cm³/mol. The molecule has 5 heterocycles. The largest absolute Gasteiger partial charge is 0.355 e. The van der Waals surface area contributed by atoms with Crippen LogP contribution >= 0.6 is 0 Å². The van der Waals surface area contributed by atoms with E-state index in [1.165, 1.54) is 5.92 Å². The summed E-state index contributed by atoms with van der Waals surface area (Å²) in [4.78, 5) is 16.0. The average Bonchev–Trinajstić information content (AvgIpc) is 3.39. The van der Waals surface area contributed by atoms with Crippen molar-refractivity contribution >= 4 is 46.4 Å². The van der Waals surface area contributed by atoms with Crippen LogP contribution in [0.3, 0.4) is 0 Å². The summed E-state index contributed by atoms with van der Waals surface area (Å²) in [5, 5.41) is 0. The maximum Gasteiger partial charge on any atom is 0.0659 e. The Morgan fingerprint density at radius 2 is 0.862 bits per heavy atom. The van der Waals surface area contributed by atoms with Gasteiger partial charge in [-0.3, -0.25) is 0 Å². The Kier molecular flexibility index (Phi) is 6.61. The van der Waals surface area contributed by atoms with Crippen LogP contribution in [0.15, 0.2) is 48.5 Å². The fraction of sp³-hybridized carbons (Fsp3) is 0.125. The third kappa shape index (κ3) is 5.61. The van der Waals surface area contributed by atoms with E-state index in [2.05, 4.69) is 71.0 Å². The Labute approximate surface area is 183 Å². The monoisotopic (exact) mass is 431 g/mol. The molecule has 0 saturated heterocycles. The van der Waals surface area contributed by atoms with Crippen molar-refractivity contribution in [2.45, 2.75) is 20.8 Å². The number of aromatic nitrogens is 4. The normalized spacial score (nSPS) is 11.7. The van der Waals surface area contributed by atoms with Crippen molar-refractivity contribution < 1.29 is 19.5 Å². The van der Waals surface area contributed by atoms with Crippen LogP contribution in [-0.4, -0.2) is 19.9 Å². The summed E-state index contributed by atoms with van der Waals surface area (Å²) in [6.45, 7) is 6.25. The zero-order valence-corrected chi connectivity index (χ0v) is 20.0. The molecular formula is C24H23N4Zn-. The number of nitrogens with one attached hydrogen (secondary N) is 2. The minimum absolute atomic E-state index is 0. The van der Waals surface area contributed by atoms with Gasteiger partial charge in [0.15, 0.2) is 0 Å². The first-order valence-electron chi connectivity index (χ1n) is 9.35. The standard InChI is InChI=1S/C20H14N4.C4H9.Zn/c1-2-14-10-16-5-6-18(23-16)12-20-8-7-19(24-20)11-17-4-3-15(22-17)9-13(1)21-14;1-4(2)3;/h1-12,21-22H;1-3H3;/q;-1;. The molecule has 5 rings (SSSR count). The number of hydrogen-bond donors (Lipinski definition) is 2. The quantitative estimate of drug-likeness (QED) is 0.224. The first kappa shape index (κ1) is 20.9. The third-order valence-electron chi connectivity index (χ3n) is 4.04. The molecule has 0 atom stereocenters. The molecule has 0 spiro atoms. The summed E-state index contributed by atoms with van der Waals surface area (Å²) >= 11 is 0. The molecule has 0 aromatic carbocycles. The van der Waals surface area contributed by atoms with Gasteiger partial charge in [-0.15, -0.1) is 0 Å².